The van der Waals surface area contributed by atoms with E-state index in [0.29, 0.717) is 0 Å². The van der Waals surface area contributed by atoms with Crippen molar-refractivity contribution >= 4 is 41.3 Å². The minimum absolute atomic E-state index is 0. The van der Waals surface area contributed by atoms with Gasteiger partial charge in [-0.3, -0.25) is 4.99 Å². The van der Waals surface area contributed by atoms with Gasteiger partial charge in [-0.25, -0.2) is 0 Å². The van der Waals surface area contributed by atoms with Gasteiger partial charge < -0.3 is 15.5 Å². The third-order valence-corrected chi connectivity index (χ3v) is 4.71. The largest absolute Gasteiger partial charge is 0.355 e. The maximum Gasteiger partial charge on any atom is 0.191 e. The Bertz CT molecular complexity index is 400. The Labute approximate surface area is 149 Å². The first-order chi connectivity index (χ1) is 9.78. The van der Waals surface area contributed by atoms with Crippen molar-refractivity contribution in [2.24, 2.45) is 10.9 Å². The van der Waals surface area contributed by atoms with Crippen LogP contribution < -0.4 is 10.6 Å². The van der Waals surface area contributed by atoms with E-state index in [9.17, 15) is 0 Å². The first-order valence-corrected chi connectivity index (χ1v) is 8.35. The van der Waals surface area contributed by atoms with Gasteiger partial charge in [-0.1, -0.05) is 13.0 Å². The van der Waals surface area contributed by atoms with E-state index in [-0.39, 0.29) is 24.0 Å². The van der Waals surface area contributed by atoms with Crippen molar-refractivity contribution in [2.45, 2.75) is 26.3 Å². The summed E-state index contributed by atoms with van der Waals surface area (Å²) in [5.41, 5.74) is 0. The number of guanidine groups is 1. The van der Waals surface area contributed by atoms with Crippen LogP contribution >= 0.6 is 35.3 Å². The highest BCUT2D eigenvalue weighted by atomic mass is 127. The quantitative estimate of drug-likeness (QED) is 0.436. The predicted molar refractivity (Wildman–Crippen MR) is 103 cm³/mol. The first-order valence-electron chi connectivity index (χ1n) is 7.47. The van der Waals surface area contributed by atoms with E-state index in [1.165, 1.54) is 30.8 Å². The Kier molecular flexibility index (Phi) is 9.26. The molecule has 4 nitrogen and oxygen atoms in total. The Morgan fingerprint density at radius 2 is 2.14 bits per heavy atom. The van der Waals surface area contributed by atoms with E-state index in [4.69, 9.17) is 0 Å². The monoisotopic (exact) mass is 422 g/mol. The molecule has 21 heavy (non-hydrogen) atoms. The molecule has 2 heterocycles. The van der Waals surface area contributed by atoms with Crippen LogP contribution in [0.5, 0.6) is 0 Å². The van der Waals surface area contributed by atoms with Crippen molar-refractivity contribution in [1.82, 2.24) is 15.5 Å². The first kappa shape index (κ1) is 18.7. The number of hydrogen-bond donors (Lipinski definition) is 2. The van der Waals surface area contributed by atoms with Crippen molar-refractivity contribution in [3.8, 4) is 0 Å². The second-order valence-corrected chi connectivity index (χ2v) is 6.49. The number of likely N-dealkylation sites (tertiary alicyclic amines) is 1. The lowest BCUT2D eigenvalue weighted by Crippen LogP contribution is -2.43. The molecule has 0 aromatic carbocycles. The van der Waals surface area contributed by atoms with Gasteiger partial charge in [0.2, 0.25) is 0 Å². The van der Waals surface area contributed by atoms with E-state index in [0.717, 1.165) is 31.5 Å². The summed E-state index contributed by atoms with van der Waals surface area (Å²) in [6.45, 7) is 7.74. The number of aliphatic imine (C=N–C) groups is 1. The van der Waals surface area contributed by atoms with Crippen LogP contribution in [0.25, 0.3) is 0 Å². The van der Waals surface area contributed by atoms with E-state index < -0.39 is 0 Å². The molecule has 6 heteroatoms. The maximum atomic E-state index is 4.26. The third-order valence-electron chi connectivity index (χ3n) is 3.83. The molecule has 0 spiro atoms. The van der Waals surface area contributed by atoms with Gasteiger partial charge in [0, 0.05) is 25.0 Å². The molecule has 1 aliphatic rings. The zero-order valence-electron chi connectivity index (χ0n) is 13.0. The maximum absolute atomic E-state index is 4.26. The van der Waals surface area contributed by atoms with Gasteiger partial charge >= 0.3 is 0 Å². The van der Waals surface area contributed by atoms with Crippen LogP contribution in [0.1, 0.15) is 24.6 Å². The standard InChI is InChI=1S/C15H26N4S.HI/c1-13-5-8-19(9-6-13)10-7-17-15(16-2)18-12-14-4-3-11-20-14;/h3-4,11,13H,5-10,12H2,1-2H3,(H2,16,17,18);1H. The number of halogens is 1. The van der Waals surface area contributed by atoms with E-state index in [1.807, 2.05) is 7.05 Å². The molecule has 1 fully saturated rings. The molecular formula is C15H27IN4S. The molecule has 2 N–H and O–H groups in total. The molecule has 0 amide bonds. The summed E-state index contributed by atoms with van der Waals surface area (Å²) in [5.74, 6) is 1.79. The molecular weight excluding hydrogens is 395 g/mol. The number of hydrogen-bond acceptors (Lipinski definition) is 3. The highest BCUT2D eigenvalue weighted by molar-refractivity contribution is 14.0. The minimum atomic E-state index is 0. The molecule has 2 rings (SSSR count). The lowest BCUT2D eigenvalue weighted by atomic mass is 9.99. The molecule has 1 aromatic heterocycles. The Balaban J connectivity index is 0.00000220. The molecule has 0 aliphatic carbocycles. The van der Waals surface area contributed by atoms with E-state index in [2.05, 4.69) is 45.0 Å². The fraction of sp³-hybridized carbons (Fsp3) is 0.667. The SMILES string of the molecule is CN=C(NCCN1CCC(C)CC1)NCc1cccs1.I. The van der Waals surface area contributed by atoms with Gasteiger partial charge in [-0.15, -0.1) is 35.3 Å². The lowest BCUT2D eigenvalue weighted by molar-refractivity contribution is 0.195. The van der Waals surface area contributed by atoms with Gasteiger partial charge in [0.05, 0.1) is 6.54 Å². The van der Waals surface area contributed by atoms with Crippen molar-refractivity contribution in [1.29, 1.82) is 0 Å². The predicted octanol–water partition coefficient (Wildman–Crippen LogP) is 2.76. The Morgan fingerprint density at radius 1 is 1.38 bits per heavy atom. The van der Waals surface area contributed by atoms with Crippen LogP contribution in [-0.4, -0.2) is 44.1 Å². The van der Waals surface area contributed by atoms with Crippen molar-refractivity contribution < 1.29 is 0 Å². The van der Waals surface area contributed by atoms with Gasteiger partial charge in [-0.05, 0) is 43.3 Å². The van der Waals surface area contributed by atoms with Crippen LogP contribution in [0.2, 0.25) is 0 Å². The third kappa shape index (κ3) is 6.97. The van der Waals surface area contributed by atoms with Gasteiger partial charge in [0.15, 0.2) is 5.96 Å². The normalized spacial score (nSPS) is 17.3. The van der Waals surface area contributed by atoms with E-state index in [1.54, 1.807) is 11.3 Å². The average molecular weight is 422 g/mol. The molecule has 1 saturated heterocycles. The smallest absolute Gasteiger partial charge is 0.191 e. The molecule has 120 valence electrons. The van der Waals surface area contributed by atoms with Crippen LogP contribution in [-0.2, 0) is 6.54 Å². The average Bonchev–Trinajstić information content (AvgIpc) is 2.98. The molecule has 1 aliphatic heterocycles. The number of piperidine rings is 1. The fourth-order valence-electron chi connectivity index (χ4n) is 2.42. The highest BCUT2D eigenvalue weighted by Gasteiger charge is 2.14. The zero-order chi connectivity index (χ0) is 14.2. The van der Waals surface area contributed by atoms with Crippen molar-refractivity contribution in [3.05, 3.63) is 22.4 Å². The topological polar surface area (TPSA) is 39.7 Å². The second kappa shape index (κ2) is 10.4. The molecule has 0 saturated carbocycles. The summed E-state index contributed by atoms with van der Waals surface area (Å²) in [4.78, 5) is 8.14. The van der Waals surface area contributed by atoms with Crippen LogP contribution in [0.3, 0.4) is 0 Å². The second-order valence-electron chi connectivity index (χ2n) is 5.46. The van der Waals surface area contributed by atoms with Gasteiger partial charge in [0.1, 0.15) is 0 Å². The molecule has 0 radical (unpaired) electrons. The van der Waals surface area contributed by atoms with E-state index >= 15 is 0 Å². The summed E-state index contributed by atoms with van der Waals surface area (Å²) < 4.78 is 0. The van der Waals surface area contributed by atoms with Crippen LogP contribution in [0.4, 0.5) is 0 Å². The number of nitrogens with zero attached hydrogens (tertiary/aromatic N) is 2. The molecule has 0 atom stereocenters. The zero-order valence-corrected chi connectivity index (χ0v) is 16.1. The van der Waals surface area contributed by atoms with Crippen molar-refractivity contribution in [2.75, 3.05) is 33.2 Å². The highest BCUT2D eigenvalue weighted by Crippen LogP contribution is 2.15. The molecule has 1 aromatic rings. The van der Waals surface area contributed by atoms with Crippen LogP contribution in [0, 0.1) is 5.92 Å². The summed E-state index contributed by atoms with van der Waals surface area (Å²) in [5, 5.41) is 8.84. The molecule has 0 bridgehead atoms. The Hall–Kier alpha value is -0.340. The number of nitrogens with one attached hydrogen (secondary N) is 2. The summed E-state index contributed by atoms with van der Waals surface area (Å²) in [6.07, 6.45) is 2.68. The lowest BCUT2D eigenvalue weighted by Gasteiger charge is -2.30. The minimum Gasteiger partial charge on any atom is -0.355 e. The summed E-state index contributed by atoms with van der Waals surface area (Å²) >= 11 is 1.77. The summed E-state index contributed by atoms with van der Waals surface area (Å²) in [6, 6.07) is 4.22. The Morgan fingerprint density at radius 3 is 2.76 bits per heavy atom. The van der Waals surface area contributed by atoms with Crippen LogP contribution in [0.15, 0.2) is 22.5 Å². The van der Waals surface area contributed by atoms with Crippen molar-refractivity contribution in [3.63, 3.8) is 0 Å². The summed E-state index contributed by atoms with van der Waals surface area (Å²) in [7, 11) is 1.83. The van der Waals surface area contributed by atoms with Gasteiger partial charge in [0.25, 0.3) is 0 Å². The number of rotatable bonds is 5. The fourth-order valence-corrected chi connectivity index (χ4v) is 3.07. The number of thiophene rings is 1. The van der Waals surface area contributed by atoms with Gasteiger partial charge in [-0.2, -0.15) is 0 Å². The molecule has 0 unspecified atom stereocenters.